The lowest BCUT2D eigenvalue weighted by molar-refractivity contribution is 0.171. The van der Waals surface area contributed by atoms with Gasteiger partial charge in [-0.2, -0.15) is 0 Å². The van der Waals surface area contributed by atoms with Crippen molar-refractivity contribution in [1.29, 1.82) is 0 Å². The van der Waals surface area contributed by atoms with E-state index >= 15 is 0 Å². The Labute approximate surface area is 133 Å². The van der Waals surface area contributed by atoms with Crippen LogP contribution in [-0.2, 0) is 0 Å². The van der Waals surface area contributed by atoms with Crippen LogP contribution in [0.4, 0.5) is 0 Å². The quantitative estimate of drug-likeness (QED) is 0.661. The lowest BCUT2D eigenvalue weighted by atomic mass is 9.80. The molecule has 0 N–H and O–H groups in total. The van der Waals surface area contributed by atoms with Crippen molar-refractivity contribution >= 4 is 27.5 Å². The van der Waals surface area contributed by atoms with E-state index in [1.165, 1.54) is 25.7 Å². The standard InChI is InChI=1S/C16H20BrClO2/c1-10-2-4-11(5-3-10)16(17)12-8-14-15(9-13(12)18)20-7-6-19-14/h8-11,16H,2-7H2,1H3. The number of alkyl halides is 1. The summed E-state index contributed by atoms with van der Waals surface area (Å²) >= 11 is 10.3. The Morgan fingerprint density at radius 3 is 2.35 bits per heavy atom. The number of hydrogen-bond acceptors (Lipinski definition) is 2. The van der Waals surface area contributed by atoms with Gasteiger partial charge in [0, 0.05) is 15.9 Å². The van der Waals surface area contributed by atoms with E-state index in [4.69, 9.17) is 21.1 Å². The number of ether oxygens (including phenoxy) is 2. The minimum Gasteiger partial charge on any atom is -0.486 e. The van der Waals surface area contributed by atoms with E-state index in [-0.39, 0.29) is 0 Å². The summed E-state index contributed by atoms with van der Waals surface area (Å²) in [5.41, 5.74) is 1.13. The molecule has 2 aliphatic rings. The Balaban J connectivity index is 1.82. The molecule has 1 aromatic carbocycles. The third-order valence-electron chi connectivity index (χ3n) is 4.43. The van der Waals surface area contributed by atoms with Gasteiger partial charge in [-0.15, -0.1) is 0 Å². The summed E-state index contributed by atoms with van der Waals surface area (Å²) in [5.74, 6) is 3.11. The zero-order valence-electron chi connectivity index (χ0n) is 11.7. The summed E-state index contributed by atoms with van der Waals surface area (Å²) in [6.45, 7) is 3.55. The molecule has 2 nitrogen and oxygen atoms in total. The Bertz CT molecular complexity index is 484. The predicted molar refractivity (Wildman–Crippen MR) is 85.2 cm³/mol. The van der Waals surface area contributed by atoms with Gasteiger partial charge in [0.1, 0.15) is 13.2 Å². The zero-order chi connectivity index (χ0) is 14.1. The van der Waals surface area contributed by atoms with Gasteiger partial charge in [0.2, 0.25) is 0 Å². The molecule has 1 aliphatic carbocycles. The number of benzene rings is 1. The van der Waals surface area contributed by atoms with Crippen LogP contribution in [0.5, 0.6) is 11.5 Å². The fourth-order valence-electron chi connectivity index (χ4n) is 3.12. The first-order chi connectivity index (χ1) is 9.65. The third-order valence-corrected chi connectivity index (χ3v) is 6.00. The Hall–Kier alpha value is -0.410. The summed E-state index contributed by atoms with van der Waals surface area (Å²) in [7, 11) is 0. The Morgan fingerprint density at radius 1 is 1.10 bits per heavy atom. The summed E-state index contributed by atoms with van der Waals surface area (Å²) in [6, 6.07) is 3.94. The molecule has 0 aromatic heterocycles. The van der Waals surface area contributed by atoms with E-state index in [0.29, 0.717) is 24.0 Å². The van der Waals surface area contributed by atoms with Crippen LogP contribution in [0.2, 0.25) is 5.02 Å². The first-order valence-electron chi connectivity index (χ1n) is 7.38. The van der Waals surface area contributed by atoms with Crippen molar-refractivity contribution < 1.29 is 9.47 Å². The maximum atomic E-state index is 6.44. The molecule has 1 atom stereocenters. The van der Waals surface area contributed by atoms with Crippen molar-refractivity contribution in [2.75, 3.05) is 13.2 Å². The number of halogens is 2. The van der Waals surface area contributed by atoms with Gasteiger partial charge in [-0.3, -0.25) is 0 Å². The van der Waals surface area contributed by atoms with Crippen LogP contribution < -0.4 is 9.47 Å². The van der Waals surface area contributed by atoms with Gasteiger partial charge < -0.3 is 9.47 Å². The molecule has 110 valence electrons. The normalized spacial score (nSPS) is 27.1. The molecular formula is C16H20BrClO2. The molecule has 0 saturated heterocycles. The predicted octanol–water partition coefficient (Wildman–Crippen LogP) is 5.37. The highest BCUT2D eigenvalue weighted by molar-refractivity contribution is 9.09. The van der Waals surface area contributed by atoms with E-state index in [1.807, 2.05) is 12.1 Å². The fourth-order valence-corrected chi connectivity index (χ4v) is 4.43. The molecule has 1 unspecified atom stereocenters. The van der Waals surface area contributed by atoms with Crippen molar-refractivity contribution in [3.05, 3.63) is 22.7 Å². The van der Waals surface area contributed by atoms with Crippen LogP contribution in [0.1, 0.15) is 43.0 Å². The van der Waals surface area contributed by atoms with E-state index in [1.54, 1.807) is 0 Å². The van der Waals surface area contributed by atoms with Gasteiger partial charge in [0.25, 0.3) is 0 Å². The average Bonchev–Trinajstić information content (AvgIpc) is 2.46. The average molecular weight is 360 g/mol. The van der Waals surface area contributed by atoms with Crippen LogP contribution in [-0.4, -0.2) is 13.2 Å². The molecule has 1 heterocycles. The second-order valence-electron chi connectivity index (χ2n) is 5.94. The van der Waals surface area contributed by atoms with Gasteiger partial charge >= 0.3 is 0 Å². The summed E-state index contributed by atoms with van der Waals surface area (Å²) in [5, 5.41) is 0.773. The maximum Gasteiger partial charge on any atom is 0.162 e. The fraction of sp³-hybridized carbons (Fsp3) is 0.625. The first-order valence-corrected chi connectivity index (χ1v) is 8.67. The van der Waals surface area contributed by atoms with Crippen molar-refractivity contribution in [3.8, 4) is 11.5 Å². The largest absolute Gasteiger partial charge is 0.486 e. The van der Waals surface area contributed by atoms with E-state index in [9.17, 15) is 0 Å². The maximum absolute atomic E-state index is 6.44. The second-order valence-corrected chi connectivity index (χ2v) is 7.33. The molecule has 1 fully saturated rings. The van der Waals surface area contributed by atoms with Crippen molar-refractivity contribution in [1.82, 2.24) is 0 Å². The summed E-state index contributed by atoms with van der Waals surface area (Å²) in [4.78, 5) is 0.304. The molecule has 1 aliphatic heterocycles. The van der Waals surface area contributed by atoms with Crippen molar-refractivity contribution in [3.63, 3.8) is 0 Å². The van der Waals surface area contributed by atoms with Gasteiger partial charge in [0.05, 0.1) is 0 Å². The highest BCUT2D eigenvalue weighted by atomic mass is 79.9. The van der Waals surface area contributed by atoms with Crippen LogP contribution in [0.3, 0.4) is 0 Å². The highest BCUT2D eigenvalue weighted by Crippen LogP contribution is 2.46. The van der Waals surface area contributed by atoms with Gasteiger partial charge in [0.15, 0.2) is 11.5 Å². The molecule has 0 bridgehead atoms. The van der Waals surface area contributed by atoms with Gasteiger partial charge in [-0.25, -0.2) is 0 Å². The van der Waals surface area contributed by atoms with E-state index in [2.05, 4.69) is 22.9 Å². The van der Waals surface area contributed by atoms with E-state index in [0.717, 1.165) is 28.0 Å². The second kappa shape index (κ2) is 6.15. The SMILES string of the molecule is CC1CCC(C(Br)c2cc3c(cc2Cl)OCCO3)CC1. The van der Waals surface area contributed by atoms with E-state index < -0.39 is 0 Å². The van der Waals surface area contributed by atoms with Crippen LogP contribution in [0.25, 0.3) is 0 Å². The minimum atomic E-state index is 0.304. The molecule has 0 amide bonds. The lowest BCUT2D eigenvalue weighted by Gasteiger charge is -2.31. The van der Waals surface area contributed by atoms with Crippen LogP contribution >= 0.6 is 27.5 Å². The first kappa shape index (κ1) is 14.5. The minimum absolute atomic E-state index is 0.304. The number of rotatable bonds is 2. The topological polar surface area (TPSA) is 18.5 Å². The molecular weight excluding hydrogens is 340 g/mol. The third kappa shape index (κ3) is 2.94. The molecule has 0 spiro atoms. The molecule has 4 heteroatoms. The van der Waals surface area contributed by atoms with Crippen molar-refractivity contribution in [2.45, 2.75) is 37.4 Å². The van der Waals surface area contributed by atoms with Crippen LogP contribution in [0, 0.1) is 11.8 Å². The Kier molecular flexibility index (Phi) is 4.46. The zero-order valence-corrected chi connectivity index (χ0v) is 14.0. The summed E-state index contributed by atoms with van der Waals surface area (Å²) < 4.78 is 11.2. The smallest absolute Gasteiger partial charge is 0.162 e. The van der Waals surface area contributed by atoms with Crippen molar-refractivity contribution in [2.24, 2.45) is 11.8 Å². The lowest BCUT2D eigenvalue weighted by Crippen LogP contribution is -2.18. The molecule has 1 aromatic rings. The molecule has 20 heavy (non-hydrogen) atoms. The Morgan fingerprint density at radius 2 is 1.70 bits per heavy atom. The summed E-state index contributed by atoms with van der Waals surface area (Å²) in [6.07, 6.45) is 5.16. The van der Waals surface area contributed by atoms with Gasteiger partial charge in [-0.1, -0.05) is 47.3 Å². The monoisotopic (exact) mass is 358 g/mol. The molecule has 0 radical (unpaired) electrons. The molecule has 3 rings (SSSR count). The number of fused-ring (bicyclic) bond motifs is 1. The van der Waals surface area contributed by atoms with Gasteiger partial charge in [-0.05, 0) is 36.3 Å². The highest BCUT2D eigenvalue weighted by Gasteiger charge is 2.28. The van der Waals surface area contributed by atoms with Crippen LogP contribution in [0.15, 0.2) is 12.1 Å². The number of hydrogen-bond donors (Lipinski definition) is 0. The molecule has 1 saturated carbocycles.